The molecule has 72 valence electrons. The number of hydrogen-bond acceptors (Lipinski definition) is 4. The van der Waals surface area contributed by atoms with Gasteiger partial charge in [0.15, 0.2) is 0 Å². The second-order valence-corrected chi connectivity index (χ2v) is 2.83. The van der Waals surface area contributed by atoms with Crippen molar-refractivity contribution in [1.29, 1.82) is 5.26 Å². The van der Waals surface area contributed by atoms with Crippen LogP contribution in [0.25, 0.3) is 11.4 Å². The van der Waals surface area contributed by atoms with Gasteiger partial charge in [0.2, 0.25) is 0 Å². The first-order valence-corrected chi connectivity index (χ1v) is 4.21. The van der Waals surface area contributed by atoms with Gasteiger partial charge in [0.25, 0.3) is 5.56 Å². The van der Waals surface area contributed by atoms with Gasteiger partial charge in [0.1, 0.15) is 17.6 Å². The maximum atomic E-state index is 11.2. The molecule has 0 aliphatic rings. The summed E-state index contributed by atoms with van der Waals surface area (Å²) in [7, 11) is 0. The molecule has 2 aromatic rings. The van der Waals surface area contributed by atoms with Gasteiger partial charge >= 0.3 is 0 Å². The van der Waals surface area contributed by atoms with Crippen molar-refractivity contribution in [2.24, 2.45) is 0 Å². The fraction of sp³-hybridized carbons (Fsp3) is 0. The van der Waals surface area contributed by atoms with E-state index in [2.05, 4.69) is 15.0 Å². The molecular weight excluding hydrogens is 192 g/mol. The Labute approximate surface area is 85.1 Å². The fourth-order valence-corrected chi connectivity index (χ4v) is 1.15. The molecule has 0 unspecified atom stereocenters. The van der Waals surface area contributed by atoms with Crippen LogP contribution in [0.4, 0.5) is 0 Å². The highest BCUT2D eigenvalue weighted by atomic mass is 16.1. The fourth-order valence-electron chi connectivity index (χ4n) is 1.15. The summed E-state index contributed by atoms with van der Waals surface area (Å²) in [6, 6.07) is 6.47. The number of nitrogens with zero attached hydrogens (tertiary/aromatic N) is 3. The molecular formula is C10H6N4O. The van der Waals surface area contributed by atoms with Crippen LogP contribution in [0.1, 0.15) is 5.69 Å². The molecule has 2 aromatic heterocycles. The van der Waals surface area contributed by atoms with Crippen molar-refractivity contribution in [3.05, 3.63) is 46.6 Å². The Balaban J connectivity index is 2.60. The van der Waals surface area contributed by atoms with Crippen LogP contribution >= 0.6 is 0 Å². The summed E-state index contributed by atoms with van der Waals surface area (Å²) in [5, 5.41) is 8.65. The van der Waals surface area contributed by atoms with Gasteiger partial charge < -0.3 is 4.98 Å². The van der Waals surface area contributed by atoms with Crippen LogP contribution in [0.5, 0.6) is 0 Å². The van der Waals surface area contributed by atoms with Crippen LogP contribution < -0.4 is 5.56 Å². The number of aromatic amines is 1. The highest BCUT2D eigenvalue weighted by Gasteiger charge is 2.02. The molecule has 5 heteroatoms. The number of nitriles is 1. The molecule has 0 spiro atoms. The second kappa shape index (κ2) is 3.72. The molecule has 2 heterocycles. The molecule has 0 amide bonds. The normalized spacial score (nSPS) is 9.53. The Morgan fingerprint density at radius 2 is 2.33 bits per heavy atom. The summed E-state index contributed by atoms with van der Waals surface area (Å²) in [4.78, 5) is 21.6. The Bertz CT molecular complexity index is 568. The minimum absolute atomic E-state index is 0.0950. The van der Waals surface area contributed by atoms with E-state index in [1.165, 1.54) is 0 Å². The van der Waals surface area contributed by atoms with Crippen molar-refractivity contribution in [3.8, 4) is 17.5 Å². The van der Waals surface area contributed by atoms with Crippen LogP contribution in [0, 0.1) is 11.3 Å². The largest absolute Gasteiger partial charge is 0.306 e. The Morgan fingerprint density at radius 1 is 1.47 bits per heavy atom. The van der Waals surface area contributed by atoms with E-state index < -0.39 is 0 Å². The van der Waals surface area contributed by atoms with Crippen LogP contribution in [0.3, 0.4) is 0 Å². The lowest BCUT2D eigenvalue weighted by Crippen LogP contribution is -2.08. The quantitative estimate of drug-likeness (QED) is 0.731. The van der Waals surface area contributed by atoms with Gasteiger partial charge in [-0.25, -0.2) is 4.98 Å². The SMILES string of the molecule is N#Cc1cc(=O)[nH]c(-c2cccnc2)n1. The minimum Gasteiger partial charge on any atom is -0.306 e. The Kier molecular flexibility index (Phi) is 2.25. The minimum atomic E-state index is -0.347. The highest BCUT2D eigenvalue weighted by Crippen LogP contribution is 2.10. The monoisotopic (exact) mass is 198 g/mol. The van der Waals surface area contributed by atoms with E-state index in [1.54, 1.807) is 24.5 Å². The predicted octanol–water partition coefficient (Wildman–Crippen LogP) is 0.704. The maximum Gasteiger partial charge on any atom is 0.252 e. The summed E-state index contributed by atoms with van der Waals surface area (Å²) in [6.45, 7) is 0. The van der Waals surface area contributed by atoms with Gasteiger partial charge in [-0.1, -0.05) is 0 Å². The zero-order valence-electron chi connectivity index (χ0n) is 7.64. The van der Waals surface area contributed by atoms with Gasteiger partial charge in [-0.2, -0.15) is 5.26 Å². The predicted molar refractivity (Wildman–Crippen MR) is 52.8 cm³/mol. The Hall–Kier alpha value is -2.48. The van der Waals surface area contributed by atoms with Crippen LogP contribution in [-0.2, 0) is 0 Å². The summed E-state index contributed by atoms with van der Waals surface area (Å²) in [5.74, 6) is 0.354. The van der Waals surface area contributed by atoms with Crippen molar-refractivity contribution in [2.75, 3.05) is 0 Å². The van der Waals surface area contributed by atoms with Crippen molar-refractivity contribution < 1.29 is 0 Å². The molecule has 0 fully saturated rings. The van der Waals surface area contributed by atoms with E-state index in [1.807, 2.05) is 6.07 Å². The van der Waals surface area contributed by atoms with Gasteiger partial charge in [0, 0.05) is 24.0 Å². The first-order valence-electron chi connectivity index (χ1n) is 4.21. The molecule has 0 radical (unpaired) electrons. The Morgan fingerprint density at radius 3 is 3.00 bits per heavy atom. The van der Waals surface area contributed by atoms with Crippen LogP contribution in [0.2, 0.25) is 0 Å². The van der Waals surface area contributed by atoms with Crippen molar-refractivity contribution >= 4 is 0 Å². The smallest absolute Gasteiger partial charge is 0.252 e. The molecule has 0 saturated heterocycles. The van der Waals surface area contributed by atoms with E-state index in [-0.39, 0.29) is 11.3 Å². The molecule has 1 N–H and O–H groups in total. The molecule has 2 rings (SSSR count). The zero-order valence-corrected chi connectivity index (χ0v) is 7.64. The van der Waals surface area contributed by atoms with Crippen LogP contribution in [-0.4, -0.2) is 15.0 Å². The van der Waals surface area contributed by atoms with E-state index in [9.17, 15) is 4.79 Å². The summed E-state index contributed by atoms with van der Waals surface area (Å²) >= 11 is 0. The maximum absolute atomic E-state index is 11.2. The number of nitrogens with one attached hydrogen (secondary N) is 1. The lowest BCUT2D eigenvalue weighted by atomic mass is 10.2. The van der Waals surface area contributed by atoms with Crippen LogP contribution in [0.15, 0.2) is 35.4 Å². The molecule has 0 aromatic carbocycles. The van der Waals surface area contributed by atoms with Gasteiger partial charge in [-0.15, -0.1) is 0 Å². The molecule has 0 aliphatic heterocycles. The summed E-state index contributed by atoms with van der Waals surface area (Å²) in [5.41, 5.74) is 0.421. The van der Waals surface area contributed by atoms with Gasteiger partial charge in [-0.05, 0) is 12.1 Å². The molecule has 0 saturated carbocycles. The third kappa shape index (κ3) is 1.89. The average Bonchev–Trinajstić information content (AvgIpc) is 2.29. The first-order chi connectivity index (χ1) is 7.29. The third-order valence-corrected chi connectivity index (χ3v) is 1.79. The number of aromatic nitrogens is 3. The number of rotatable bonds is 1. The van der Waals surface area contributed by atoms with Crippen molar-refractivity contribution in [3.63, 3.8) is 0 Å². The topological polar surface area (TPSA) is 82.4 Å². The molecule has 5 nitrogen and oxygen atoms in total. The van der Waals surface area contributed by atoms with E-state index in [0.29, 0.717) is 11.4 Å². The van der Waals surface area contributed by atoms with E-state index >= 15 is 0 Å². The van der Waals surface area contributed by atoms with Gasteiger partial charge in [-0.3, -0.25) is 9.78 Å². The number of H-pyrrole nitrogens is 1. The highest BCUT2D eigenvalue weighted by molar-refractivity contribution is 5.53. The van der Waals surface area contributed by atoms with Gasteiger partial charge in [0.05, 0.1) is 0 Å². The standard InChI is InChI=1S/C10H6N4O/c11-5-8-4-9(15)14-10(13-8)7-2-1-3-12-6-7/h1-4,6H,(H,13,14,15). The number of pyridine rings is 1. The van der Waals surface area contributed by atoms with Crippen molar-refractivity contribution in [2.45, 2.75) is 0 Å². The van der Waals surface area contributed by atoms with E-state index in [4.69, 9.17) is 5.26 Å². The number of hydrogen-bond donors (Lipinski definition) is 1. The first kappa shape index (κ1) is 9.09. The summed E-state index contributed by atoms with van der Waals surface area (Å²) in [6.07, 6.45) is 3.19. The summed E-state index contributed by atoms with van der Waals surface area (Å²) < 4.78 is 0. The van der Waals surface area contributed by atoms with E-state index in [0.717, 1.165) is 6.07 Å². The lowest BCUT2D eigenvalue weighted by molar-refractivity contribution is 1.10. The molecule has 15 heavy (non-hydrogen) atoms. The molecule has 0 aliphatic carbocycles. The average molecular weight is 198 g/mol. The zero-order chi connectivity index (χ0) is 10.7. The second-order valence-electron chi connectivity index (χ2n) is 2.83. The molecule has 0 atom stereocenters. The molecule has 0 bridgehead atoms. The third-order valence-electron chi connectivity index (χ3n) is 1.79. The lowest BCUT2D eigenvalue weighted by Gasteiger charge is -1.98. The van der Waals surface area contributed by atoms with Crippen molar-refractivity contribution in [1.82, 2.24) is 15.0 Å².